The molecule has 2 aliphatic rings. The van der Waals surface area contributed by atoms with Crippen molar-refractivity contribution in [2.24, 2.45) is 0 Å². The van der Waals surface area contributed by atoms with Crippen LogP contribution < -0.4 is 0 Å². The van der Waals surface area contributed by atoms with Crippen molar-refractivity contribution in [2.75, 3.05) is 0 Å². The van der Waals surface area contributed by atoms with E-state index in [1.54, 1.807) is 0 Å². The third-order valence-corrected chi connectivity index (χ3v) is 10.6. The van der Waals surface area contributed by atoms with Crippen LogP contribution in [-0.4, -0.2) is 14.5 Å². The van der Waals surface area contributed by atoms with Gasteiger partial charge in [-0.05, 0) is 45.2 Å². The number of hydrogen-bond donors (Lipinski definition) is 0. The van der Waals surface area contributed by atoms with Gasteiger partial charge in [-0.2, -0.15) is 0 Å². The number of benzene rings is 7. The van der Waals surface area contributed by atoms with Gasteiger partial charge in [-0.15, -0.1) is 0 Å². The Morgan fingerprint density at radius 3 is 2.02 bits per heavy atom. The molecule has 0 saturated heterocycles. The lowest BCUT2D eigenvalue weighted by molar-refractivity contribution is 0.720. The van der Waals surface area contributed by atoms with Crippen LogP contribution in [-0.2, 0) is 5.41 Å². The molecule has 48 heavy (non-hydrogen) atoms. The molecule has 1 aliphatic carbocycles. The maximum atomic E-state index is 5.67. The second kappa shape index (κ2) is 9.37. The first-order valence-corrected chi connectivity index (χ1v) is 16.5. The molecular weight excluding hydrogens is 583 g/mol. The minimum absolute atomic E-state index is 0.655. The Labute approximate surface area is 277 Å². The molecule has 0 saturated carbocycles. The van der Waals surface area contributed by atoms with Crippen molar-refractivity contribution in [3.8, 4) is 39.5 Å². The predicted molar refractivity (Wildman–Crippen MR) is 196 cm³/mol. The average molecular weight is 610 g/mol. The smallest absolute Gasteiger partial charge is 0.160 e. The lowest BCUT2D eigenvalue weighted by Crippen LogP contribution is -2.34. The minimum Gasteiger partial charge on any atom is -0.309 e. The van der Waals surface area contributed by atoms with Gasteiger partial charge in [0.2, 0.25) is 0 Å². The summed E-state index contributed by atoms with van der Waals surface area (Å²) in [5, 5.41) is 4.90. The third-order valence-electron chi connectivity index (χ3n) is 10.6. The summed E-state index contributed by atoms with van der Waals surface area (Å²) < 4.78 is 2.48. The van der Waals surface area contributed by atoms with Gasteiger partial charge in [0.05, 0.1) is 33.5 Å². The molecule has 222 valence electrons. The molecule has 3 nitrogen and oxygen atoms in total. The second-order valence-electron chi connectivity index (χ2n) is 12.9. The molecule has 11 rings (SSSR count). The summed E-state index contributed by atoms with van der Waals surface area (Å²) in [5.41, 5.74) is 13.2. The largest absolute Gasteiger partial charge is 0.309 e. The van der Waals surface area contributed by atoms with Crippen molar-refractivity contribution in [3.63, 3.8) is 0 Å². The molecule has 1 unspecified atom stereocenters. The first kappa shape index (κ1) is 25.8. The fourth-order valence-electron chi connectivity index (χ4n) is 8.73. The molecule has 3 heterocycles. The van der Waals surface area contributed by atoms with Crippen LogP contribution in [0.1, 0.15) is 22.4 Å². The molecule has 1 atom stereocenters. The normalized spacial score (nSPS) is 15.6. The SMILES string of the molecule is c1ccc(-c2nc(-c3cccc4ccccc34)c3c(n2)C2(c4ccccc4-3)c3ccccc3-n3c4ccccc4c4cccc2c43)cc1. The highest BCUT2D eigenvalue weighted by molar-refractivity contribution is 6.13. The lowest BCUT2D eigenvalue weighted by Gasteiger charge is -2.38. The standard InChI is InChI=1S/C45H27N3/c1-2-15-29(16-3-1)44-46-41(32-21-12-17-28-14-4-5-18-30(28)32)40-34-20-6-8-23-35(34)45(43(40)47-44)36-24-9-11-27-39(36)48-38-26-10-7-19-31(38)33-22-13-25-37(45)42(33)48/h1-27H. The van der Waals surface area contributed by atoms with Crippen LogP contribution >= 0.6 is 0 Å². The summed E-state index contributed by atoms with van der Waals surface area (Å²) >= 11 is 0. The van der Waals surface area contributed by atoms with E-state index in [2.05, 4.69) is 168 Å². The van der Waals surface area contributed by atoms with Crippen LogP contribution in [0.25, 0.3) is 72.0 Å². The van der Waals surface area contributed by atoms with Crippen molar-refractivity contribution in [3.05, 3.63) is 186 Å². The Bertz CT molecular complexity index is 2790. The van der Waals surface area contributed by atoms with E-state index in [4.69, 9.17) is 9.97 Å². The van der Waals surface area contributed by atoms with E-state index in [-0.39, 0.29) is 0 Å². The number of hydrogen-bond acceptors (Lipinski definition) is 2. The van der Waals surface area contributed by atoms with Crippen molar-refractivity contribution in [2.45, 2.75) is 5.41 Å². The second-order valence-corrected chi connectivity index (χ2v) is 12.9. The maximum Gasteiger partial charge on any atom is 0.160 e. The van der Waals surface area contributed by atoms with Gasteiger partial charge in [0, 0.05) is 27.5 Å². The Hall–Kier alpha value is -6.32. The molecule has 7 aromatic carbocycles. The molecule has 0 amide bonds. The van der Waals surface area contributed by atoms with Crippen LogP contribution in [0.5, 0.6) is 0 Å². The van der Waals surface area contributed by atoms with Crippen LogP contribution in [0.4, 0.5) is 0 Å². The zero-order valence-electron chi connectivity index (χ0n) is 25.9. The minimum atomic E-state index is -0.655. The monoisotopic (exact) mass is 609 g/mol. The van der Waals surface area contributed by atoms with Crippen LogP contribution in [0.15, 0.2) is 164 Å². The van der Waals surface area contributed by atoms with Crippen LogP contribution in [0.2, 0.25) is 0 Å². The van der Waals surface area contributed by atoms with Crippen LogP contribution in [0, 0.1) is 0 Å². The van der Waals surface area contributed by atoms with Gasteiger partial charge in [-0.25, -0.2) is 9.97 Å². The molecular formula is C45H27N3. The van der Waals surface area contributed by atoms with Gasteiger partial charge in [0.1, 0.15) is 0 Å². The number of rotatable bonds is 2. The summed E-state index contributed by atoms with van der Waals surface area (Å²) in [6.07, 6.45) is 0. The summed E-state index contributed by atoms with van der Waals surface area (Å²) in [6.45, 7) is 0. The van der Waals surface area contributed by atoms with Gasteiger partial charge in [0.15, 0.2) is 5.82 Å². The van der Waals surface area contributed by atoms with Crippen molar-refractivity contribution >= 4 is 32.6 Å². The molecule has 1 aliphatic heterocycles. The number of para-hydroxylation sites is 3. The van der Waals surface area contributed by atoms with Gasteiger partial charge in [-0.1, -0.05) is 152 Å². The first-order valence-electron chi connectivity index (χ1n) is 16.5. The zero-order chi connectivity index (χ0) is 31.4. The van der Waals surface area contributed by atoms with Crippen LogP contribution in [0.3, 0.4) is 0 Å². The fourth-order valence-corrected chi connectivity index (χ4v) is 8.73. The number of nitrogens with zero attached hydrogens (tertiary/aromatic N) is 3. The summed E-state index contributed by atoms with van der Waals surface area (Å²) in [5.74, 6) is 0.736. The lowest BCUT2D eigenvalue weighted by atomic mass is 9.67. The van der Waals surface area contributed by atoms with E-state index in [1.807, 2.05) is 0 Å². The van der Waals surface area contributed by atoms with Crippen molar-refractivity contribution in [1.82, 2.24) is 14.5 Å². The molecule has 0 radical (unpaired) electrons. The van der Waals surface area contributed by atoms with E-state index in [0.29, 0.717) is 0 Å². The van der Waals surface area contributed by atoms with Crippen molar-refractivity contribution in [1.29, 1.82) is 0 Å². The highest BCUT2D eigenvalue weighted by atomic mass is 15.0. The van der Waals surface area contributed by atoms with E-state index in [1.165, 1.54) is 60.5 Å². The van der Waals surface area contributed by atoms with Gasteiger partial charge >= 0.3 is 0 Å². The fraction of sp³-hybridized carbons (Fsp3) is 0.0222. The molecule has 2 aromatic heterocycles. The number of fused-ring (bicyclic) bond motifs is 13. The average Bonchev–Trinajstić information content (AvgIpc) is 3.65. The molecule has 0 fully saturated rings. The zero-order valence-corrected chi connectivity index (χ0v) is 25.9. The molecule has 3 heteroatoms. The van der Waals surface area contributed by atoms with E-state index in [0.717, 1.165) is 33.9 Å². The molecule has 1 spiro atoms. The predicted octanol–water partition coefficient (Wildman–Crippen LogP) is 10.7. The van der Waals surface area contributed by atoms with Gasteiger partial charge in [0.25, 0.3) is 0 Å². The molecule has 0 bridgehead atoms. The summed E-state index contributed by atoms with van der Waals surface area (Å²) in [6, 6.07) is 59.2. The summed E-state index contributed by atoms with van der Waals surface area (Å²) in [7, 11) is 0. The van der Waals surface area contributed by atoms with Gasteiger partial charge in [-0.3, -0.25) is 0 Å². The number of aromatic nitrogens is 3. The quantitative estimate of drug-likeness (QED) is 0.195. The summed E-state index contributed by atoms with van der Waals surface area (Å²) in [4.78, 5) is 11.2. The van der Waals surface area contributed by atoms with Gasteiger partial charge < -0.3 is 4.57 Å². The Morgan fingerprint density at radius 1 is 0.458 bits per heavy atom. The highest BCUT2D eigenvalue weighted by Gasteiger charge is 2.53. The Morgan fingerprint density at radius 2 is 1.10 bits per heavy atom. The first-order chi connectivity index (χ1) is 23.8. The van der Waals surface area contributed by atoms with E-state index in [9.17, 15) is 0 Å². The Kier molecular flexibility index (Phi) is 5.04. The molecule has 0 N–H and O–H groups in total. The van der Waals surface area contributed by atoms with Crippen molar-refractivity contribution < 1.29 is 0 Å². The molecule has 9 aromatic rings. The van der Waals surface area contributed by atoms with E-state index >= 15 is 0 Å². The van der Waals surface area contributed by atoms with E-state index < -0.39 is 5.41 Å². The Balaban J connectivity index is 1.38. The maximum absolute atomic E-state index is 5.67. The third kappa shape index (κ3) is 3.13. The highest BCUT2D eigenvalue weighted by Crippen LogP contribution is 2.62. The topological polar surface area (TPSA) is 30.7 Å².